The number of para-hydroxylation sites is 1. The van der Waals surface area contributed by atoms with Gasteiger partial charge in [-0.25, -0.2) is 0 Å². The fourth-order valence-electron chi connectivity index (χ4n) is 1.02. The lowest BCUT2D eigenvalue weighted by atomic mass is 10.2. The number of allylic oxidation sites excluding steroid dienone is 1. The number of carbonyl (C=O) groups is 1. The number of aromatic nitrogens is 1. The highest BCUT2D eigenvalue weighted by Gasteiger charge is 1.86. The van der Waals surface area contributed by atoms with Gasteiger partial charge in [-0.3, -0.25) is 9.78 Å². The summed E-state index contributed by atoms with van der Waals surface area (Å²) in [4.78, 5) is 13.9. The predicted molar refractivity (Wildman–Crippen MR) is 62.6 cm³/mol. The molecular weight excluding hydrogens is 186 g/mol. The monoisotopic (exact) mass is 199 g/mol. The normalized spacial score (nSPS) is 8.87. The van der Waals surface area contributed by atoms with Crippen molar-refractivity contribution in [3.63, 3.8) is 0 Å². The summed E-state index contributed by atoms with van der Waals surface area (Å²) in [5.74, 6) is 0.0185. The van der Waals surface area contributed by atoms with E-state index in [2.05, 4.69) is 23.7 Å². The third-order valence-electron chi connectivity index (χ3n) is 1.80. The van der Waals surface area contributed by atoms with E-state index in [9.17, 15) is 4.79 Å². The Morgan fingerprint density at radius 2 is 1.87 bits per heavy atom. The molecule has 0 radical (unpaired) electrons. The average Bonchev–Trinajstić information content (AvgIpc) is 2.30. The van der Waals surface area contributed by atoms with Crippen molar-refractivity contribution in [3.8, 4) is 0 Å². The summed E-state index contributed by atoms with van der Waals surface area (Å²) >= 11 is 0. The molecule has 0 aliphatic rings. The van der Waals surface area contributed by atoms with Gasteiger partial charge in [-0.1, -0.05) is 30.8 Å². The Morgan fingerprint density at radius 3 is 2.47 bits per heavy atom. The number of hydrogen-bond donors (Lipinski definition) is 0. The van der Waals surface area contributed by atoms with Crippen molar-refractivity contribution in [3.05, 3.63) is 55.3 Å². The highest BCUT2D eigenvalue weighted by atomic mass is 16.1. The summed E-state index contributed by atoms with van der Waals surface area (Å²) in [6, 6.07) is 12.1. The van der Waals surface area contributed by atoms with E-state index in [-0.39, 0.29) is 5.78 Å². The molecule has 0 amide bonds. The molecule has 76 valence electrons. The van der Waals surface area contributed by atoms with Crippen LogP contribution in [-0.4, -0.2) is 10.8 Å². The Labute approximate surface area is 89.3 Å². The van der Waals surface area contributed by atoms with Gasteiger partial charge in [-0.05, 0) is 25.1 Å². The molecule has 0 fully saturated rings. The lowest BCUT2D eigenvalue weighted by Gasteiger charge is -1.91. The number of ketones is 1. The third-order valence-corrected chi connectivity index (χ3v) is 1.80. The second kappa shape index (κ2) is 5.70. The molecule has 2 aromatic rings. The minimum Gasteiger partial charge on any atom is -0.295 e. The van der Waals surface area contributed by atoms with Crippen molar-refractivity contribution in [1.82, 2.24) is 4.98 Å². The number of fused-ring (bicyclic) bond motifs is 1. The maximum absolute atomic E-state index is 9.69. The van der Waals surface area contributed by atoms with Gasteiger partial charge >= 0.3 is 0 Å². The number of carbonyl (C=O) groups excluding carboxylic acids is 1. The first-order valence-corrected chi connectivity index (χ1v) is 4.67. The lowest BCUT2D eigenvalue weighted by molar-refractivity contribution is -0.112. The molecule has 2 nitrogen and oxygen atoms in total. The molecule has 0 saturated carbocycles. The van der Waals surface area contributed by atoms with E-state index < -0.39 is 0 Å². The standard InChI is InChI=1S/C9H7N.C4H6O/c1-2-6-9-8(4-1)5-3-7-10-9;1-3-4(2)5/h1-7H;3H,1H2,2H3. The van der Waals surface area contributed by atoms with Crippen LogP contribution in [0, 0.1) is 0 Å². The van der Waals surface area contributed by atoms with E-state index in [0.717, 1.165) is 5.52 Å². The molecule has 0 aliphatic heterocycles. The van der Waals surface area contributed by atoms with Gasteiger partial charge in [0.15, 0.2) is 5.78 Å². The first-order valence-electron chi connectivity index (χ1n) is 4.67. The minimum atomic E-state index is 0.0185. The summed E-state index contributed by atoms with van der Waals surface area (Å²) in [7, 11) is 0. The van der Waals surface area contributed by atoms with Gasteiger partial charge in [-0.2, -0.15) is 0 Å². The van der Waals surface area contributed by atoms with E-state index in [1.165, 1.54) is 18.4 Å². The molecule has 0 unspecified atom stereocenters. The summed E-state index contributed by atoms with van der Waals surface area (Å²) < 4.78 is 0. The molecule has 2 heteroatoms. The molecule has 0 atom stereocenters. The van der Waals surface area contributed by atoms with Gasteiger partial charge in [0.05, 0.1) is 5.52 Å². The van der Waals surface area contributed by atoms with Crippen LogP contribution in [0.1, 0.15) is 6.92 Å². The SMILES string of the molecule is C=CC(C)=O.c1ccc2ncccc2c1. The van der Waals surface area contributed by atoms with Gasteiger partial charge in [-0.15, -0.1) is 0 Å². The van der Waals surface area contributed by atoms with Gasteiger partial charge in [0.2, 0.25) is 0 Å². The van der Waals surface area contributed by atoms with Crippen molar-refractivity contribution in [1.29, 1.82) is 0 Å². The van der Waals surface area contributed by atoms with Crippen LogP contribution in [0.4, 0.5) is 0 Å². The highest BCUT2D eigenvalue weighted by molar-refractivity contribution is 5.86. The molecule has 0 spiro atoms. The van der Waals surface area contributed by atoms with Crippen LogP contribution in [0.2, 0.25) is 0 Å². The molecule has 0 aliphatic carbocycles. The van der Waals surface area contributed by atoms with Gasteiger partial charge in [0.1, 0.15) is 0 Å². The number of rotatable bonds is 1. The van der Waals surface area contributed by atoms with E-state index in [4.69, 9.17) is 0 Å². The molecule has 1 heterocycles. The van der Waals surface area contributed by atoms with E-state index in [1.807, 2.05) is 30.5 Å². The van der Waals surface area contributed by atoms with Crippen molar-refractivity contribution in [2.45, 2.75) is 6.92 Å². The minimum absolute atomic E-state index is 0.0185. The molecule has 1 aromatic carbocycles. The van der Waals surface area contributed by atoms with E-state index in [1.54, 1.807) is 0 Å². The summed E-state index contributed by atoms with van der Waals surface area (Å²) in [6.45, 7) is 4.68. The molecule has 1 aromatic heterocycles. The Balaban J connectivity index is 0.000000195. The quantitative estimate of drug-likeness (QED) is 0.661. The summed E-state index contributed by atoms with van der Waals surface area (Å²) in [5, 5.41) is 1.20. The number of nitrogens with zero attached hydrogens (tertiary/aromatic N) is 1. The second-order valence-corrected chi connectivity index (χ2v) is 3.01. The maximum atomic E-state index is 9.69. The van der Waals surface area contributed by atoms with Crippen molar-refractivity contribution >= 4 is 16.7 Å². The average molecular weight is 199 g/mol. The molecule has 2 rings (SSSR count). The summed E-state index contributed by atoms with van der Waals surface area (Å²) in [6.07, 6.45) is 3.09. The maximum Gasteiger partial charge on any atom is 0.152 e. The zero-order chi connectivity index (χ0) is 11.1. The van der Waals surface area contributed by atoms with Crippen LogP contribution < -0.4 is 0 Å². The van der Waals surface area contributed by atoms with Gasteiger partial charge in [0, 0.05) is 11.6 Å². The van der Waals surface area contributed by atoms with Crippen molar-refractivity contribution in [2.24, 2.45) is 0 Å². The van der Waals surface area contributed by atoms with Crippen LogP contribution in [0.3, 0.4) is 0 Å². The molecule has 15 heavy (non-hydrogen) atoms. The van der Waals surface area contributed by atoms with Crippen LogP contribution >= 0.6 is 0 Å². The molecule has 0 N–H and O–H groups in total. The lowest BCUT2D eigenvalue weighted by Crippen LogP contribution is -1.74. The van der Waals surface area contributed by atoms with Crippen LogP contribution in [0.25, 0.3) is 10.9 Å². The topological polar surface area (TPSA) is 30.0 Å². The van der Waals surface area contributed by atoms with Crippen molar-refractivity contribution < 1.29 is 4.79 Å². The Morgan fingerprint density at radius 1 is 1.27 bits per heavy atom. The third kappa shape index (κ3) is 3.73. The van der Waals surface area contributed by atoms with Gasteiger partial charge in [0.25, 0.3) is 0 Å². The van der Waals surface area contributed by atoms with Crippen LogP contribution in [0.5, 0.6) is 0 Å². The smallest absolute Gasteiger partial charge is 0.152 e. The van der Waals surface area contributed by atoms with E-state index in [0.29, 0.717) is 0 Å². The highest BCUT2D eigenvalue weighted by Crippen LogP contribution is 2.07. The zero-order valence-electron chi connectivity index (χ0n) is 8.68. The summed E-state index contributed by atoms with van der Waals surface area (Å²) in [5.41, 5.74) is 1.06. The largest absolute Gasteiger partial charge is 0.295 e. The van der Waals surface area contributed by atoms with Crippen LogP contribution in [-0.2, 0) is 4.79 Å². The fraction of sp³-hybridized carbons (Fsp3) is 0.0769. The fourth-order valence-corrected chi connectivity index (χ4v) is 1.02. The number of pyridine rings is 1. The Hall–Kier alpha value is -1.96. The zero-order valence-corrected chi connectivity index (χ0v) is 8.68. The first kappa shape index (κ1) is 11.1. The molecule has 0 bridgehead atoms. The Bertz CT molecular complexity index is 397. The predicted octanol–water partition coefficient (Wildman–Crippen LogP) is 3.00. The molecule has 0 saturated heterocycles. The van der Waals surface area contributed by atoms with Crippen LogP contribution in [0.15, 0.2) is 55.3 Å². The second-order valence-electron chi connectivity index (χ2n) is 3.01. The van der Waals surface area contributed by atoms with Crippen molar-refractivity contribution in [2.75, 3.05) is 0 Å². The first-order chi connectivity index (χ1) is 7.24. The van der Waals surface area contributed by atoms with Gasteiger partial charge < -0.3 is 0 Å². The number of hydrogen-bond acceptors (Lipinski definition) is 2. The van der Waals surface area contributed by atoms with E-state index >= 15 is 0 Å². The Kier molecular flexibility index (Phi) is 4.23. The number of benzene rings is 1. The molecular formula is C13H13NO.